The summed E-state index contributed by atoms with van der Waals surface area (Å²) in [5.74, 6) is 1.12. The fourth-order valence-electron chi connectivity index (χ4n) is 3.04. The first-order valence-electron chi connectivity index (χ1n) is 9.68. The van der Waals surface area contributed by atoms with Gasteiger partial charge >= 0.3 is 0 Å². The predicted octanol–water partition coefficient (Wildman–Crippen LogP) is 5.01. The van der Waals surface area contributed by atoms with Crippen LogP contribution >= 0.6 is 11.3 Å². The van der Waals surface area contributed by atoms with Gasteiger partial charge in [-0.3, -0.25) is 14.2 Å². The minimum absolute atomic E-state index is 0.204. The van der Waals surface area contributed by atoms with Crippen molar-refractivity contribution in [1.29, 1.82) is 0 Å². The van der Waals surface area contributed by atoms with Gasteiger partial charge in [0.25, 0.3) is 5.56 Å². The predicted molar refractivity (Wildman–Crippen MR) is 120 cm³/mol. The molecule has 0 fully saturated rings. The summed E-state index contributed by atoms with van der Waals surface area (Å²) in [6, 6.07) is 17.7. The van der Waals surface area contributed by atoms with E-state index in [0.717, 1.165) is 17.0 Å². The van der Waals surface area contributed by atoms with Crippen LogP contribution in [0.4, 0.5) is 5.69 Å². The Morgan fingerprint density at radius 1 is 1.13 bits per heavy atom. The summed E-state index contributed by atoms with van der Waals surface area (Å²) in [6.45, 7) is 3.72. The van der Waals surface area contributed by atoms with E-state index in [1.165, 1.54) is 22.2 Å². The summed E-state index contributed by atoms with van der Waals surface area (Å²) in [7, 11) is 0. The number of benzene rings is 2. The fourth-order valence-corrected chi connectivity index (χ4v) is 3.97. The van der Waals surface area contributed by atoms with Gasteiger partial charge < -0.3 is 10.1 Å². The molecule has 1 atom stereocenters. The Kier molecular flexibility index (Phi) is 5.63. The number of carbonyl (C=O) groups excluding carboxylic acids is 1. The standard InChI is InChI=1S/C23H21N3O3S/c1-3-19-13-20-22(30-19)24-14-26(23(20)28)15(2)21(27)25-16-9-11-18(12-10-16)29-17-7-5-4-6-8-17/h4-15H,3H2,1-2H3,(H,25,27)/t15-/m1/s1. The molecule has 0 bridgehead atoms. The maximum atomic E-state index is 12.8. The number of carbonyl (C=O) groups is 1. The number of anilines is 1. The van der Waals surface area contributed by atoms with Crippen molar-refractivity contribution in [3.63, 3.8) is 0 Å². The van der Waals surface area contributed by atoms with Crippen LogP contribution in [0.25, 0.3) is 10.2 Å². The van der Waals surface area contributed by atoms with E-state index in [4.69, 9.17) is 4.74 Å². The number of rotatable bonds is 6. The first-order chi connectivity index (χ1) is 14.5. The topological polar surface area (TPSA) is 73.2 Å². The molecule has 4 rings (SSSR count). The van der Waals surface area contributed by atoms with Gasteiger partial charge in [-0.25, -0.2) is 4.98 Å². The van der Waals surface area contributed by atoms with Gasteiger partial charge in [-0.1, -0.05) is 25.1 Å². The van der Waals surface area contributed by atoms with Crippen LogP contribution < -0.4 is 15.6 Å². The van der Waals surface area contributed by atoms with Crippen molar-refractivity contribution >= 4 is 33.1 Å². The van der Waals surface area contributed by atoms with Gasteiger partial charge in [0.2, 0.25) is 5.91 Å². The molecule has 0 saturated carbocycles. The zero-order chi connectivity index (χ0) is 21.1. The molecule has 152 valence electrons. The number of aromatic nitrogens is 2. The van der Waals surface area contributed by atoms with Gasteiger partial charge in [0.1, 0.15) is 22.4 Å². The van der Waals surface area contributed by atoms with Gasteiger partial charge in [-0.2, -0.15) is 0 Å². The average molecular weight is 420 g/mol. The highest BCUT2D eigenvalue weighted by molar-refractivity contribution is 7.18. The van der Waals surface area contributed by atoms with Crippen molar-refractivity contribution in [2.45, 2.75) is 26.3 Å². The number of ether oxygens (including phenoxy) is 1. The van der Waals surface area contributed by atoms with E-state index in [1.807, 2.05) is 43.3 Å². The van der Waals surface area contributed by atoms with Gasteiger partial charge in [0.15, 0.2) is 0 Å². The number of nitrogens with one attached hydrogen (secondary N) is 1. The van der Waals surface area contributed by atoms with Gasteiger partial charge in [-0.05, 0) is 55.8 Å². The minimum Gasteiger partial charge on any atom is -0.457 e. The quantitative estimate of drug-likeness (QED) is 0.477. The third-order valence-corrected chi connectivity index (χ3v) is 5.96. The van der Waals surface area contributed by atoms with Gasteiger partial charge in [-0.15, -0.1) is 11.3 Å². The molecule has 0 saturated heterocycles. The first-order valence-corrected chi connectivity index (χ1v) is 10.5. The van der Waals surface area contributed by atoms with Crippen molar-refractivity contribution < 1.29 is 9.53 Å². The molecule has 1 amide bonds. The molecule has 2 aromatic heterocycles. The third kappa shape index (κ3) is 4.11. The average Bonchev–Trinajstić information content (AvgIpc) is 3.20. The highest BCUT2D eigenvalue weighted by Crippen LogP contribution is 2.24. The molecule has 0 unspecified atom stereocenters. The van der Waals surface area contributed by atoms with Crippen LogP contribution in [0.2, 0.25) is 0 Å². The number of nitrogens with zero attached hydrogens (tertiary/aromatic N) is 2. The Bertz CT molecular complexity index is 1230. The van der Waals surface area contributed by atoms with Crippen molar-refractivity contribution in [2.24, 2.45) is 0 Å². The zero-order valence-corrected chi connectivity index (χ0v) is 17.5. The molecule has 6 nitrogen and oxygen atoms in total. The van der Waals surface area contributed by atoms with Crippen LogP contribution in [0.15, 0.2) is 71.8 Å². The Balaban J connectivity index is 1.47. The minimum atomic E-state index is -0.695. The van der Waals surface area contributed by atoms with Crippen LogP contribution in [0.3, 0.4) is 0 Å². The number of amides is 1. The lowest BCUT2D eigenvalue weighted by Gasteiger charge is -2.15. The summed E-state index contributed by atoms with van der Waals surface area (Å²) < 4.78 is 7.13. The number of hydrogen-bond donors (Lipinski definition) is 1. The lowest BCUT2D eigenvalue weighted by molar-refractivity contribution is -0.118. The van der Waals surface area contributed by atoms with E-state index in [0.29, 0.717) is 21.7 Å². The second kappa shape index (κ2) is 8.51. The number of aryl methyl sites for hydroxylation is 1. The fraction of sp³-hybridized carbons (Fsp3) is 0.174. The monoisotopic (exact) mass is 419 g/mol. The van der Waals surface area contributed by atoms with E-state index in [2.05, 4.69) is 10.3 Å². The lowest BCUT2D eigenvalue weighted by atomic mass is 10.2. The molecule has 2 heterocycles. The van der Waals surface area contributed by atoms with Crippen LogP contribution in [0.1, 0.15) is 24.8 Å². The van der Waals surface area contributed by atoms with Crippen LogP contribution in [-0.4, -0.2) is 15.5 Å². The molecule has 4 aromatic rings. The Morgan fingerprint density at radius 2 is 1.83 bits per heavy atom. The molecule has 1 N–H and O–H groups in total. The molecule has 2 aromatic carbocycles. The van der Waals surface area contributed by atoms with Crippen molar-refractivity contribution in [3.8, 4) is 11.5 Å². The summed E-state index contributed by atoms with van der Waals surface area (Å²) in [5.41, 5.74) is 0.420. The van der Waals surface area contributed by atoms with Gasteiger partial charge in [0.05, 0.1) is 11.7 Å². The Hall–Kier alpha value is -3.45. The molecule has 0 aliphatic rings. The second-order valence-corrected chi connectivity index (χ2v) is 7.96. The van der Waals surface area contributed by atoms with Crippen molar-refractivity contribution in [3.05, 3.63) is 82.2 Å². The maximum absolute atomic E-state index is 12.8. The molecule has 0 spiro atoms. The molecule has 30 heavy (non-hydrogen) atoms. The smallest absolute Gasteiger partial charge is 0.262 e. The Labute approximate surface area is 177 Å². The van der Waals surface area contributed by atoms with Crippen molar-refractivity contribution in [2.75, 3.05) is 5.32 Å². The number of hydrogen-bond acceptors (Lipinski definition) is 5. The van der Waals surface area contributed by atoms with Crippen LogP contribution in [-0.2, 0) is 11.2 Å². The highest BCUT2D eigenvalue weighted by Gasteiger charge is 2.19. The lowest BCUT2D eigenvalue weighted by Crippen LogP contribution is -2.31. The summed E-state index contributed by atoms with van der Waals surface area (Å²) in [4.78, 5) is 31.7. The SMILES string of the molecule is CCc1cc2c(=O)n([C@H](C)C(=O)Nc3ccc(Oc4ccccc4)cc3)cnc2s1. The second-order valence-electron chi connectivity index (χ2n) is 6.85. The number of para-hydroxylation sites is 1. The highest BCUT2D eigenvalue weighted by atomic mass is 32.1. The normalized spacial score (nSPS) is 11.9. The van der Waals surface area contributed by atoms with E-state index < -0.39 is 6.04 Å². The number of fused-ring (bicyclic) bond motifs is 1. The maximum Gasteiger partial charge on any atom is 0.262 e. The molecular formula is C23H21N3O3S. The molecule has 0 aliphatic carbocycles. The summed E-state index contributed by atoms with van der Waals surface area (Å²) in [6.07, 6.45) is 2.29. The molecule has 0 aliphatic heterocycles. The van der Waals surface area contributed by atoms with Gasteiger partial charge in [0, 0.05) is 10.6 Å². The van der Waals surface area contributed by atoms with Crippen molar-refractivity contribution in [1.82, 2.24) is 9.55 Å². The van der Waals surface area contributed by atoms with Crippen LogP contribution in [0.5, 0.6) is 11.5 Å². The largest absolute Gasteiger partial charge is 0.457 e. The Morgan fingerprint density at radius 3 is 2.53 bits per heavy atom. The number of thiophene rings is 1. The van der Waals surface area contributed by atoms with E-state index in [9.17, 15) is 9.59 Å². The van der Waals surface area contributed by atoms with E-state index in [-0.39, 0.29) is 11.5 Å². The summed E-state index contributed by atoms with van der Waals surface area (Å²) in [5, 5.41) is 3.40. The molecule has 7 heteroatoms. The zero-order valence-electron chi connectivity index (χ0n) is 16.7. The first kappa shape index (κ1) is 19.8. The molecule has 0 radical (unpaired) electrons. The van der Waals surface area contributed by atoms with Crippen LogP contribution in [0, 0.1) is 0 Å². The summed E-state index contributed by atoms with van der Waals surface area (Å²) >= 11 is 1.51. The molecular weight excluding hydrogens is 398 g/mol. The third-order valence-electron chi connectivity index (χ3n) is 4.77. The van der Waals surface area contributed by atoms with E-state index >= 15 is 0 Å². The van der Waals surface area contributed by atoms with E-state index in [1.54, 1.807) is 31.2 Å².